The molecule has 0 saturated heterocycles. The highest BCUT2D eigenvalue weighted by atomic mass is 32.2. The molecule has 0 aliphatic heterocycles. The smallest absolute Gasteiger partial charge is 0.264 e. The fourth-order valence-electron chi connectivity index (χ4n) is 4.22. The number of benzene rings is 3. The summed E-state index contributed by atoms with van der Waals surface area (Å²) in [6.07, 6.45) is 0.342. The summed E-state index contributed by atoms with van der Waals surface area (Å²) in [5, 5.41) is 2.89. The summed E-state index contributed by atoms with van der Waals surface area (Å²) in [5.41, 5.74) is 1.06. The van der Waals surface area contributed by atoms with Gasteiger partial charge in [-0.1, -0.05) is 37.3 Å². The Kier molecular flexibility index (Phi) is 10.6. The van der Waals surface area contributed by atoms with Gasteiger partial charge in [0.25, 0.3) is 10.0 Å². The van der Waals surface area contributed by atoms with Crippen LogP contribution in [0.3, 0.4) is 0 Å². The molecule has 1 atom stereocenters. The molecule has 0 heterocycles. The molecule has 3 rings (SSSR count). The molecule has 2 amide bonds. The second-order valence-electron chi connectivity index (χ2n) is 9.48. The number of methoxy groups -OCH3 is 2. The Morgan fingerprint density at radius 2 is 1.40 bits per heavy atom. The van der Waals surface area contributed by atoms with Crippen molar-refractivity contribution < 1.29 is 27.5 Å². The van der Waals surface area contributed by atoms with Crippen LogP contribution in [0.15, 0.2) is 83.8 Å². The van der Waals surface area contributed by atoms with Gasteiger partial charge in [0.05, 0.1) is 24.8 Å². The van der Waals surface area contributed by atoms with Gasteiger partial charge in [0.2, 0.25) is 11.8 Å². The molecule has 10 heteroatoms. The molecule has 0 unspecified atom stereocenters. The van der Waals surface area contributed by atoms with Gasteiger partial charge in [-0.3, -0.25) is 13.9 Å². The third kappa shape index (κ3) is 7.53. The van der Waals surface area contributed by atoms with Crippen molar-refractivity contribution in [2.45, 2.75) is 50.7 Å². The first-order chi connectivity index (χ1) is 19.1. The molecule has 0 aliphatic rings. The largest absolute Gasteiger partial charge is 0.497 e. The molecule has 40 heavy (non-hydrogen) atoms. The molecule has 0 radical (unpaired) electrons. The quantitative estimate of drug-likeness (QED) is 0.332. The van der Waals surface area contributed by atoms with Crippen LogP contribution in [0, 0.1) is 0 Å². The van der Waals surface area contributed by atoms with Crippen LogP contribution >= 0.6 is 0 Å². The van der Waals surface area contributed by atoms with Crippen LogP contribution in [-0.2, 0) is 26.2 Å². The van der Waals surface area contributed by atoms with E-state index in [9.17, 15) is 18.0 Å². The van der Waals surface area contributed by atoms with E-state index in [1.165, 1.54) is 24.1 Å². The monoisotopic (exact) mass is 567 g/mol. The SMILES string of the molecule is CC[C@H](C(=O)NC(C)C)N(Cc1ccc(OC)cc1)C(=O)CN(c1ccc(OC)cc1)S(=O)(=O)c1ccccc1. The first-order valence-electron chi connectivity index (χ1n) is 13.0. The van der Waals surface area contributed by atoms with Crippen molar-refractivity contribution in [1.29, 1.82) is 0 Å². The summed E-state index contributed by atoms with van der Waals surface area (Å²) in [4.78, 5) is 28.7. The summed E-state index contributed by atoms with van der Waals surface area (Å²) in [5.74, 6) is 0.383. The van der Waals surface area contributed by atoms with E-state index < -0.39 is 28.5 Å². The van der Waals surface area contributed by atoms with Crippen molar-refractivity contribution in [1.82, 2.24) is 10.2 Å². The molecule has 3 aromatic carbocycles. The number of carbonyl (C=O) groups is 2. The van der Waals surface area contributed by atoms with Gasteiger partial charge in [-0.2, -0.15) is 0 Å². The lowest BCUT2D eigenvalue weighted by molar-refractivity contribution is -0.140. The third-order valence-corrected chi connectivity index (χ3v) is 8.09. The summed E-state index contributed by atoms with van der Waals surface area (Å²) in [7, 11) is -1.05. The van der Waals surface area contributed by atoms with E-state index in [0.717, 1.165) is 9.87 Å². The van der Waals surface area contributed by atoms with Crippen LogP contribution < -0.4 is 19.1 Å². The number of anilines is 1. The minimum absolute atomic E-state index is 0.0462. The second-order valence-corrected chi connectivity index (χ2v) is 11.3. The fourth-order valence-corrected chi connectivity index (χ4v) is 5.66. The molecule has 0 fully saturated rings. The van der Waals surface area contributed by atoms with Crippen molar-refractivity contribution in [3.63, 3.8) is 0 Å². The van der Waals surface area contributed by atoms with Crippen molar-refractivity contribution in [3.05, 3.63) is 84.4 Å². The van der Waals surface area contributed by atoms with E-state index in [0.29, 0.717) is 23.6 Å². The molecular weight excluding hydrogens is 530 g/mol. The van der Waals surface area contributed by atoms with Crippen molar-refractivity contribution in [2.24, 2.45) is 0 Å². The van der Waals surface area contributed by atoms with Crippen LogP contribution in [0.1, 0.15) is 32.8 Å². The van der Waals surface area contributed by atoms with E-state index in [2.05, 4.69) is 5.32 Å². The number of hydrogen-bond acceptors (Lipinski definition) is 6. The standard InChI is InChI=1S/C30H37N3O6S/c1-6-28(30(35)31-22(2)3)32(20-23-12-16-25(38-4)17-13-23)29(34)21-33(24-14-18-26(39-5)19-15-24)40(36,37)27-10-8-7-9-11-27/h7-19,22,28H,6,20-21H2,1-5H3,(H,31,35)/t28-/m1/s1. The van der Waals surface area contributed by atoms with Gasteiger partial charge in [-0.05, 0) is 74.4 Å². The molecule has 0 bridgehead atoms. The lowest BCUT2D eigenvalue weighted by atomic mass is 10.1. The highest BCUT2D eigenvalue weighted by Crippen LogP contribution is 2.27. The Balaban J connectivity index is 2.04. The molecule has 214 valence electrons. The van der Waals surface area contributed by atoms with Crippen LogP contribution in [0.25, 0.3) is 0 Å². The van der Waals surface area contributed by atoms with Crippen LogP contribution in [0.5, 0.6) is 11.5 Å². The first kappa shape index (κ1) is 30.5. The number of nitrogens with one attached hydrogen (secondary N) is 1. The zero-order chi connectivity index (χ0) is 29.3. The number of rotatable bonds is 13. The average molecular weight is 568 g/mol. The van der Waals surface area contributed by atoms with Crippen molar-refractivity contribution in [2.75, 3.05) is 25.1 Å². The Hall–Kier alpha value is -4.05. The highest BCUT2D eigenvalue weighted by molar-refractivity contribution is 7.92. The van der Waals surface area contributed by atoms with Gasteiger partial charge in [0.1, 0.15) is 24.1 Å². The lowest BCUT2D eigenvalue weighted by Crippen LogP contribution is -2.53. The molecule has 0 aliphatic carbocycles. The second kappa shape index (κ2) is 13.8. The maximum atomic E-state index is 14.0. The minimum atomic E-state index is -4.13. The summed E-state index contributed by atoms with van der Waals surface area (Å²) >= 11 is 0. The minimum Gasteiger partial charge on any atom is -0.497 e. The molecular formula is C30H37N3O6S. The maximum absolute atomic E-state index is 14.0. The fraction of sp³-hybridized carbons (Fsp3) is 0.333. The predicted molar refractivity (Wildman–Crippen MR) is 155 cm³/mol. The van der Waals surface area contributed by atoms with E-state index >= 15 is 0 Å². The van der Waals surface area contributed by atoms with Crippen LogP contribution in [-0.4, -0.2) is 58.0 Å². The number of amides is 2. The third-order valence-electron chi connectivity index (χ3n) is 6.30. The molecule has 0 saturated carbocycles. The Morgan fingerprint density at radius 3 is 1.90 bits per heavy atom. The Labute approximate surface area is 236 Å². The molecule has 0 aromatic heterocycles. The number of ether oxygens (including phenoxy) is 2. The van der Waals surface area contributed by atoms with Crippen LogP contribution in [0.2, 0.25) is 0 Å². The molecule has 3 aromatic rings. The highest BCUT2D eigenvalue weighted by Gasteiger charge is 2.33. The molecule has 1 N–H and O–H groups in total. The lowest BCUT2D eigenvalue weighted by Gasteiger charge is -2.33. The van der Waals surface area contributed by atoms with E-state index in [-0.39, 0.29) is 23.4 Å². The summed E-state index contributed by atoms with van der Waals surface area (Å²) < 4.78 is 39.2. The van der Waals surface area contributed by atoms with Crippen molar-refractivity contribution >= 4 is 27.5 Å². The number of hydrogen-bond donors (Lipinski definition) is 1. The normalized spacial score (nSPS) is 11.9. The zero-order valence-corrected chi connectivity index (χ0v) is 24.4. The number of sulfonamides is 1. The van der Waals surface area contributed by atoms with Gasteiger partial charge >= 0.3 is 0 Å². The van der Waals surface area contributed by atoms with Crippen molar-refractivity contribution in [3.8, 4) is 11.5 Å². The predicted octanol–water partition coefficient (Wildman–Crippen LogP) is 4.23. The topological polar surface area (TPSA) is 105 Å². The first-order valence-corrected chi connectivity index (χ1v) is 14.5. The average Bonchev–Trinajstić information content (AvgIpc) is 2.96. The summed E-state index contributed by atoms with van der Waals surface area (Å²) in [6.45, 7) is 5.11. The Morgan fingerprint density at radius 1 is 0.850 bits per heavy atom. The van der Waals surface area contributed by atoms with Gasteiger partial charge in [-0.25, -0.2) is 8.42 Å². The maximum Gasteiger partial charge on any atom is 0.264 e. The number of carbonyl (C=O) groups excluding carboxylic acids is 2. The van der Waals surface area contributed by atoms with Gasteiger partial charge < -0.3 is 19.7 Å². The van der Waals surface area contributed by atoms with E-state index in [1.807, 2.05) is 32.9 Å². The van der Waals surface area contributed by atoms with Crippen LogP contribution in [0.4, 0.5) is 5.69 Å². The zero-order valence-electron chi connectivity index (χ0n) is 23.5. The van der Waals surface area contributed by atoms with E-state index in [1.54, 1.807) is 61.7 Å². The van der Waals surface area contributed by atoms with E-state index in [4.69, 9.17) is 9.47 Å². The molecule has 9 nitrogen and oxygen atoms in total. The van der Waals surface area contributed by atoms with Gasteiger partial charge in [0.15, 0.2) is 0 Å². The molecule has 0 spiro atoms. The van der Waals surface area contributed by atoms with Gasteiger partial charge in [-0.15, -0.1) is 0 Å². The Bertz CT molecular complexity index is 1360. The van der Waals surface area contributed by atoms with Gasteiger partial charge in [0, 0.05) is 12.6 Å². The summed E-state index contributed by atoms with van der Waals surface area (Å²) in [6, 6.07) is 20.6. The number of nitrogens with zero attached hydrogens (tertiary/aromatic N) is 2.